The average Bonchev–Trinajstić information content (AvgIpc) is 2.76. The highest BCUT2D eigenvalue weighted by molar-refractivity contribution is 5.89. The number of amides is 1. The third-order valence-corrected chi connectivity index (χ3v) is 3.18. The van der Waals surface area contributed by atoms with Gasteiger partial charge >= 0.3 is 5.76 Å². The van der Waals surface area contributed by atoms with E-state index in [4.69, 9.17) is 10.2 Å². The molecule has 0 aliphatic heterocycles. The minimum atomic E-state index is -0.536. The molecule has 1 unspecified atom stereocenters. The van der Waals surface area contributed by atoms with E-state index in [-0.39, 0.29) is 5.91 Å². The van der Waals surface area contributed by atoms with Crippen LogP contribution in [0.5, 0.6) is 0 Å². The van der Waals surface area contributed by atoms with Crippen molar-refractivity contribution in [2.45, 2.75) is 19.9 Å². The molecule has 1 aromatic heterocycles. The van der Waals surface area contributed by atoms with E-state index in [0.717, 1.165) is 0 Å². The first-order valence-electron chi connectivity index (χ1n) is 6.36. The van der Waals surface area contributed by atoms with Gasteiger partial charge in [0.25, 0.3) is 0 Å². The molecule has 0 fully saturated rings. The molecule has 0 aliphatic carbocycles. The normalized spacial score (nSPS) is 12.3. The van der Waals surface area contributed by atoms with Crippen LogP contribution in [-0.2, 0) is 4.79 Å². The van der Waals surface area contributed by atoms with Crippen molar-refractivity contribution in [2.75, 3.05) is 24.6 Å². The van der Waals surface area contributed by atoms with Crippen molar-refractivity contribution < 1.29 is 9.21 Å². The van der Waals surface area contributed by atoms with Crippen LogP contribution in [0.1, 0.15) is 13.8 Å². The van der Waals surface area contributed by atoms with E-state index in [9.17, 15) is 9.59 Å². The lowest BCUT2D eigenvalue weighted by Gasteiger charge is -2.22. The fraction of sp³-hybridized carbons (Fsp3) is 0.385. The van der Waals surface area contributed by atoms with E-state index >= 15 is 0 Å². The third kappa shape index (κ3) is 2.61. The van der Waals surface area contributed by atoms with Crippen LogP contribution >= 0.6 is 0 Å². The van der Waals surface area contributed by atoms with Gasteiger partial charge in [0.1, 0.15) is 6.04 Å². The summed E-state index contributed by atoms with van der Waals surface area (Å²) in [5.74, 6) is -0.570. The van der Waals surface area contributed by atoms with Crippen LogP contribution in [0, 0.1) is 0 Å². The van der Waals surface area contributed by atoms with Crippen LogP contribution in [0.3, 0.4) is 0 Å². The zero-order valence-corrected chi connectivity index (χ0v) is 11.7. The van der Waals surface area contributed by atoms with Crippen molar-refractivity contribution in [3.05, 3.63) is 22.7 Å². The van der Waals surface area contributed by atoms with E-state index in [1.807, 2.05) is 6.92 Å². The molecule has 0 spiro atoms. The maximum atomic E-state index is 12.0. The topological polar surface area (TPSA) is 104 Å². The Balaban J connectivity index is 2.26. The highest BCUT2D eigenvalue weighted by Crippen LogP contribution is 2.25. The number of hydrogen-bond donors (Lipinski definition) is 3. The lowest BCUT2D eigenvalue weighted by atomic mass is 10.2. The zero-order chi connectivity index (χ0) is 14.9. The number of benzene rings is 1. The molecule has 1 amide bonds. The van der Waals surface area contributed by atoms with Crippen molar-refractivity contribution in [3.8, 4) is 0 Å². The van der Waals surface area contributed by atoms with Gasteiger partial charge in [-0.2, -0.15) is 0 Å². The smallest absolute Gasteiger partial charge is 0.408 e. The number of nitrogens with one attached hydrogen (secondary N) is 2. The van der Waals surface area contributed by atoms with Gasteiger partial charge in [-0.25, -0.2) is 4.79 Å². The summed E-state index contributed by atoms with van der Waals surface area (Å²) in [6.45, 7) is 4.30. The Morgan fingerprint density at radius 3 is 2.90 bits per heavy atom. The second-order valence-corrected chi connectivity index (χ2v) is 4.67. The van der Waals surface area contributed by atoms with Gasteiger partial charge in [-0.15, -0.1) is 0 Å². The molecule has 1 atom stereocenters. The first-order chi connectivity index (χ1) is 9.42. The number of aromatic amines is 1. The van der Waals surface area contributed by atoms with Gasteiger partial charge < -0.3 is 20.4 Å². The number of carbonyl (C=O) groups excluding carboxylic acids is 1. The molecule has 0 saturated heterocycles. The monoisotopic (exact) mass is 278 g/mol. The molecule has 0 aliphatic rings. The second-order valence-electron chi connectivity index (χ2n) is 4.67. The Morgan fingerprint density at radius 1 is 1.55 bits per heavy atom. The maximum Gasteiger partial charge on any atom is 0.417 e. The number of rotatable bonds is 4. The van der Waals surface area contributed by atoms with Crippen LogP contribution < -0.4 is 16.8 Å². The SMILES string of the molecule is CCN(C)C(=O)C(C)Nc1cc2[nH]c(=O)oc2cc1N. The number of hydrogen-bond acceptors (Lipinski definition) is 5. The van der Waals surface area contributed by atoms with E-state index in [1.165, 1.54) is 0 Å². The van der Waals surface area contributed by atoms with E-state index < -0.39 is 11.8 Å². The molecule has 0 saturated carbocycles. The van der Waals surface area contributed by atoms with Crippen molar-refractivity contribution in [1.29, 1.82) is 0 Å². The van der Waals surface area contributed by atoms with Gasteiger partial charge in [0.05, 0.1) is 16.9 Å². The Morgan fingerprint density at radius 2 is 2.25 bits per heavy atom. The van der Waals surface area contributed by atoms with Gasteiger partial charge in [0.15, 0.2) is 5.58 Å². The second kappa shape index (κ2) is 5.28. The summed E-state index contributed by atoms with van der Waals surface area (Å²) >= 11 is 0. The molecule has 7 nitrogen and oxygen atoms in total. The quantitative estimate of drug-likeness (QED) is 0.723. The summed E-state index contributed by atoms with van der Waals surface area (Å²) < 4.78 is 4.92. The molecule has 1 heterocycles. The fourth-order valence-electron chi connectivity index (χ4n) is 1.92. The summed E-state index contributed by atoms with van der Waals surface area (Å²) in [7, 11) is 1.74. The number of fused-ring (bicyclic) bond motifs is 1. The van der Waals surface area contributed by atoms with Crippen molar-refractivity contribution in [2.24, 2.45) is 0 Å². The number of anilines is 2. The van der Waals surface area contributed by atoms with Crippen LogP contribution in [0.15, 0.2) is 21.3 Å². The van der Waals surface area contributed by atoms with Crippen molar-refractivity contribution >= 4 is 28.4 Å². The number of aromatic nitrogens is 1. The van der Waals surface area contributed by atoms with E-state index in [2.05, 4.69) is 10.3 Å². The molecule has 108 valence electrons. The van der Waals surface area contributed by atoms with E-state index in [1.54, 1.807) is 31.0 Å². The first-order valence-corrected chi connectivity index (χ1v) is 6.36. The number of nitrogen functional groups attached to an aromatic ring is 1. The number of carbonyl (C=O) groups is 1. The van der Waals surface area contributed by atoms with E-state index in [0.29, 0.717) is 29.0 Å². The number of H-pyrrole nitrogens is 1. The Labute approximate surface area is 115 Å². The van der Waals surface area contributed by atoms with Crippen molar-refractivity contribution in [1.82, 2.24) is 9.88 Å². The van der Waals surface area contributed by atoms with Crippen LogP contribution in [0.2, 0.25) is 0 Å². The molecule has 2 aromatic rings. The van der Waals surface area contributed by atoms with Gasteiger partial charge in [0, 0.05) is 19.7 Å². The van der Waals surface area contributed by atoms with Crippen molar-refractivity contribution in [3.63, 3.8) is 0 Å². The molecule has 0 radical (unpaired) electrons. The molecule has 4 N–H and O–H groups in total. The summed E-state index contributed by atoms with van der Waals surface area (Å²) in [6.07, 6.45) is 0. The Bertz CT molecular complexity index is 688. The molecular weight excluding hydrogens is 260 g/mol. The predicted octanol–water partition coefficient (Wildman–Crippen LogP) is 0.982. The lowest BCUT2D eigenvalue weighted by Crippen LogP contribution is -2.38. The first kappa shape index (κ1) is 14.0. The van der Waals surface area contributed by atoms with Gasteiger partial charge in [0.2, 0.25) is 5.91 Å². The zero-order valence-electron chi connectivity index (χ0n) is 11.7. The lowest BCUT2D eigenvalue weighted by molar-refractivity contribution is -0.130. The molecular formula is C13H18N4O3. The summed E-state index contributed by atoms with van der Waals surface area (Å²) in [6, 6.07) is 2.79. The van der Waals surface area contributed by atoms with Crippen LogP contribution in [0.4, 0.5) is 11.4 Å². The molecule has 2 rings (SSSR count). The number of likely N-dealkylation sites (N-methyl/N-ethyl adjacent to an activating group) is 1. The third-order valence-electron chi connectivity index (χ3n) is 3.18. The molecule has 20 heavy (non-hydrogen) atoms. The number of oxazole rings is 1. The minimum absolute atomic E-state index is 0.0346. The highest BCUT2D eigenvalue weighted by atomic mass is 16.4. The average molecular weight is 278 g/mol. The number of nitrogens with two attached hydrogens (primary N) is 1. The summed E-state index contributed by atoms with van der Waals surface area (Å²) in [4.78, 5) is 27.3. The molecule has 7 heteroatoms. The summed E-state index contributed by atoms with van der Waals surface area (Å²) in [5, 5.41) is 3.05. The highest BCUT2D eigenvalue weighted by Gasteiger charge is 2.17. The summed E-state index contributed by atoms with van der Waals surface area (Å²) in [5.41, 5.74) is 7.82. The predicted molar refractivity (Wildman–Crippen MR) is 77.6 cm³/mol. The minimum Gasteiger partial charge on any atom is -0.408 e. The Hall–Kier alpha value is -2.44. The largest absolute Gasteiger partial charge is 0.417 e. The van der Waals surface area contributed by atoms with Crippen LogP contribution in [-0.4, -0.2) is 35.4 Å². The van der Waals surface area contributed by atoms with Gasteiger partial charge in [-0.05, 0) is 19.9 Å². The standard InChI is InChI=1S/C13H18N4O3/c1-4-17(3)12(18)7(2)15-9-6-10-11(5-8(9)14)20-13(19)16-10/h5-7,15H,4,14H2,1-3H3,(H,16,19). The molecule has 0 bridgehead atoms. The number of nitrogens with zero attached hydrogens (tertiary/aromatic N) is 1. The Kier molecular flexibility index (Phi) is 3.69. The van der Waals surface area contributed by atoms with Gasteiger partial charge in [-0.1, -0.05) is 0 Å². The molecule has 1 aromatic carbocycles. The van der Waals surface area contributed by atoms with Crippen LogP contribution in [0.25, 0.3) is 11.1 Å². The van der Waals surface area contributed by atoms with Gasteiger partial charge in [-0.3, -0.25) is 9.78 Å². The fourth-order valence-corrected chi connectivity index (χ4v) is 1.92. The maximum absolute atomic E-state index is 12.0.